The Balaban J connectivity index is 2.61. The maximum atomic E-state index is 14.3. The van der Waals surface area contributed by atoms with Gasteiger partial charge < -0.3 is 25.0 Å². The molecule has 11 heteroatoms. The van der Waals surface area contributed by atoms with Gasteiger partial charge in [-0.25, -0.2) is 9.59 Å². The fourth-order valence-electron chi connectivity index (χ4n) is 4.59. The van der Waals surface area contributed by atoms with Crippen LogP contribution in [0.15, 0.2) is 48.5 Å². The van der Waals surface area contributed by atoms with Crippen molar-refractivity contribution < 1.29 is 28.7 Å². The number of alkyl carbamates (subject to hydrolysis) is 1. The minimum Gasteiger partial charge on any atom is -0.458 e. The van der Waals surface area contributed by atoms with Crippen LogP contribution in [0.2, 0.25) is 0 Å². The number of ether oxygens (including phenoxy) is 2. The number of thioether (sulfide) groups is 1. The largest absolute Gasteiger partial charge is 0.458 e. The van der Waals surface area contributed by atoms with E-state index in [0.29, 0.717) is 11.3 Å². The third-order valence-corrected chi connectivity index (χ3v) is 7.46. The van der Waals surface area contributed by atoms with Crippen LogP contribution >= 0.6 is 11.8 Å². The molecule has 2 rings (SSSR count). The predicted molar refractivity (Wildman–Crippen MR) is 180 cm³/mol. The Labute approximate surface area is 277 Å². The minimum atomic E-state index is -1.30. The minimum absolute atomic E-state index is 0.143. The lowest BCUT2D eigenvalue weighted by Gasteiger charge is -2.34. The molecule has 0 aliphatic heterocycles. The Morgan fingerprint density at radius 3 is 2.07 bits per heavy atom. The molecule has 0 aromatic heterocycles. The number of hydrogen-bond acceptors (Lipinski definition) is 8. The maximum absolute atomic E-state index is 14.3. The highest BCUT2D eigenvalue weighted by atomic mass is 32.2. The first-order valence-corrected chi connectivity index (χ1v) is 16.6. The highest BCUT2D eigenvalue weighted by Crippen LogP contribution is 2.26. The summed E-state index contributed by atoms with van der Waals surface area (Å²) in [4.78, 5) is 55.9. The molecule has 0 radical (unpaired) electrons. The van der Waals surface area contributed by atoms with Gasteiger partial charge in [-0.15, -0.1) is 0 Å². The van der Waals surface area contributed by atoms with Crippen LogP contribution in [0.25, 0.3) is 0 Å². The summed E-state index contributed by atoms with van der Waals surface area (Å²) in [6.45, 7) is 13.7. The molecule has 0 aliphatic rings. The SMILES string of the molecule is CSCCC(NC(=O)OC(C)(C)C)C(=O)N(CC#N)C(C(=O)NC(Cc1ccccc1)C(=O)OC(C)(C)C)c1ccc(C)c(C)c1. The summed E-state index contributed by atoms with van der Waals surface area (Å²) >= 11 is 1.49. The zero-order valence-corrected chi connectivity index (χ0v) is 29.2. The fourth-order valence-corrected chi connectivity index (χ4v) is 5.06. The van der Waals surface area contributed by atoms with Crippen LogP contribution in [-0.4, -0.2) is 70.6 Å². The van der Waals surface area contributed by atoms with Gasteiger partial charge in [-0.1, -0.05) is 48.5 Å². The summed E-state index contributed by atoms with van der Waals surface area (Å²) in [6.07, 6.45) is 1.46. The van der Waals surface area contributed by atoms with Crippen molar-refractivity contribution in [1.82, 2.24) is 15.5 Å². The standard InChI is InChI=1S/C35H48N4O6S/c1-23-15-16-26(21-24(23)2)29(30(40)37-28(32(42)44-34(3,4)5)22-25-13-11-10-12-14-25)39(19-18-36)31(41)27(17-20-46-9)38-33(43)45-35(6,7)8/h10-16,21,27-29H,17,19-20,22H2,1-9H3,(H,37,40)(H,38,43). The molecule has 0 bridgehead atoms. The zero-order valence-electron chi connectivity index (χ0n) is 28.4. The van der Waals surface area contributed by atoms with Gasteiger partial charge in [0.25, 0.3) is 0 Å². The second kappa shape index (κ2) is 17.0. The highest BCUT2D eigenvalue weighted by molar-refractivity contribution is 7.98. The molecule has 0 heterocycles. The van der Waals surface area contributed by atoms with Crippen molar-refractivity contribution in [3.63, 3.8) is 0 Å². The molecule has 10 nitrogen and oxygen atoms in total. The van der Waals surface area contributed by atoms with Gasteiger partial charge in [0.05, 0.1) is 6.07 Å². The molecular formula is C35H48N4O6S. The van der Waals surface area contributed by atoms with Crippen LogP contribution in [0.4, 0.5) is 4.79 Å². The third-order valence-electron chi connectivity index (χ3n) is 6.82. The molecule has 2 aromatic rings. The van der Waals surface area contributed by atoms with Crippen molar-refractivity contribution >= 4 is 35.6 Å². The number of nitrogens with zero attached hydrogens (tertiary/aromatic N) is 2. The number of nitriles is 1. The first-order valence-electron chi connectivity index (χ1n) is 15.3. The highest BCUT2D eigenvalue weighted by Gasteiger charge is 2.38. The van der Waals surface area contributed by atoms with Gasteiger partial charge in [0.2, 0.25) is 11.8 Å². The number of carbonyl (C=O) groups excluding carboxylic acids is 4. The number of carbonyl (C=O) groups is 4. The number of esters is 1. The van der Waals surface area contributed by atoms with Crippen molar-refractivity contribution in [3.8, 4) is 6.07 Å². The predicted octanol–water partition coefficient (Wildman–Crippen LogP) is 5.41. The number of nitrogens with one attached hydrogen (secondary N) is 2. The molecule has 46 heavy (non-hydrogen) atoms. The quantitative estimate of drug-likeness (QED) is 0.216. The summed E-state index contributed by atoms with van der Waals surface area (Å²) in [7, 11) is 0. The Hall–Kier alpha value is -4.04. The van der Waals surface area contributed by atoms with E-state index < -0.39 is 59.7 Å². The van der Waals surface area contributed by atoms with E-state index in [4.69, 9.17) is 9.47 Å². The molecular weight excluding hydrogens is 604 g/mol. The average Bonchev–Trinajstić information content (AvgIpc) is 2.94. The average molecular weight is 653 g/mol. The van der Waals surface area contributed by atoms with E-state index in [9.17, 15) is 24.4 Å². The van der Waals surface area contributed by atoms with Crippen molar-refractivity contribution in [2.24, 2.45) is 0 Å². The molecule has 2 aromatic carbocycles. The van der Waals surface area contributed by atoms with Crippen LogP contribution in [0.3, 0.4) is 0 Å². The summed E-state index contributed by atoms with van der Waals surface area (Å²) in [5.41, 5.74) is 1.48. The smallest absolute Gasteiger partial charge is 0.408 e. The first kappa shape index (κ1) is 38.1. The normalized spacial score (nSPS) is 13.4. The molecule has 3 atom stereocenters. The molecule has 0 saturated heterocycles. The van der Waals surface area contributed by atoms with Crippen molar-refractivity contribution in [2.45, 2.75) is 97.6 Å². The summed E-state index contributed by atoms with van der Waals surface area (Å²) in [6, 6.07) is 13.1. The lowest BCUT2D eigenvalue weighted by atomic mass is 9.97. The summed E-state index contributed by atoms with van der Waals surface area (Å²) in [5.74, 6) is -1.41. The van der Waals surface area contributed by atoms with E-state index >= 15 is 0 Å². The Bertz CT molecular complexity index is 1390. The van der Waals surface area contributed by atoms with Crippen molar-refractivity contribution in [2.75, 3.05) is 18.6 Å². The van der Waals surface area contributed by atoms with Crippen molar-refractivity contribution in [1.29, 1.82) is 5.26 Å². The van der Waals surface area contributed by atoms with Crippen molar-refractivity contribution in [3.05, 3.63) is 70.8 Å². The van der Waals surface area contributed by atoms with E-state index in [1.54, 1.807) is 53.7 Å². The Morgan fingerprint density at radius 1 is 0.891 bits per heavy atom. The topological polar surface area (TPSA) is 138 Å². The lowest BCUT2D eigenvalue weighted by molar-refractivity contribution is -0.159. The van der Waals surface area contributed by atoms with Gasteiger partial charge in [0.1, 0.15) is 35.9 Å². The van der Waals surface area contributed by atoms with Crippen LogP contribution in [-0.2, 0) is 30.3 Å². The van der Waals surface area contributed by atoms with E-state index in [2.05, 4.69) is 10.6 Å². The van der Waals surface area contributed by atoms with Gasteiger partial charge in [-0.2, -0.15) is 17.0 Å². The van der Waals surface area contributed by atoms with Gasteiger partial charge >= 0.3 is 12.1 Å². The molecule has 0 fully saturated rings. The van der Waals surface area contributed by atoms with E-state index in [-0.39, 0.29) is 12.8 Å². The van der Waals surface area contributed by atoms with E-state index in [1.165, 1.54) is 11.8 Å². The summed E-state index contributed by atoms with van der Waals surface area (Å²) < 4.78 is 11.1. The van der Waals surface area contributed by atoms with E-state index in [1.807, 2.05) is 62.6 Å². The number of benzene rings is 2. The van der Waals surface area contributed by atoms with Gasteiger partial charge in [-0.3, -0.25) is 9.59 Å². The molecule has 0 spiro atoms. The van der Waals surface area contributed by atoms with E-state index in [0.717, 1.165) is 21.6 Å². The molecule has 3 unspecified atom stereocenters. The molecule has 3 amide bonds. The van der Waals surface area contributed by atoms with Crippen LogP contribution in [0, 0.1) is 25.2 Å². The molecule has 0 aliphatic carbocycles. The second-order valence-corrected chi connectivity index (χ2v) is 14.1. The Kier molecular flexibility index (Phi) is 14.1. The molecule has 250 valence electrons. The third kappa shape index (κ3) is 12.4. The number of hydrogen-bond donors (Lipinski definition) is 2. The molecule has 0 saturated carbocycles. The van der Waals surface area contributed by atoms with Gasteiger partial charge in [0, 0.05) is 6.42 Å². The zero-order chi connectivity index (χ0) is 34.7. The summed E-state index contributed by atoms with van der Waals surface area (Å²) in [5, 5.41) is 15.4. The number of aryl methyl sites for hydroxylation is 2. The second-order valence-electron chi connectivity index (χ2n) is 13.1. The Morgan fingerprint density at radius 2 is 1.52 bits per heavy atom. The van der Waals surface area contributed by atoms with Crippen LogP contribution < -0.4 is 10.6 Å². The van der Waals surface area contributed by atoms with Crippen LogP contribution in [0.1, 0.15) is 76.3 Å². The lowest BCUT2D eigenvalue weighted by Crippen LogP contribution is -2.55. The van der Waals surface area contributed by atoms with Gasteiger partial charge in [-0.05, 0) is 96.1 Å². The van der Waals surface area contributed by atoms with Gasteiger partial charge in [0.15, 0.2) is 0 Å². The first-order chi connectivity index (χ1) is 21.5. The number of amides is 3. The molecule has 2 N–H and O–H groups in total. The maximum Gasteiger partial charge on any atom is 0.408 e. The number of rotatable bonds is 13. The van der Waals surface area contributed by atoms with Crippen LogP contribution in [0.5, 0.6) is 0 Å². The monoisotopic (exact) mass is 652 g/mol. The fraction of sp³-hybridized carbons (Fsp3) is 0.514.